The average Bonchev–Trinajstić information content (AvgIpc) is 2.92. The molecule has 0 saturated carbocycles. The SMILES string of the molecule is O=C(O)CCOc1nn(-c2ncccc2F)c(-c2ccc(F)nc2)c1Br. The van der Waals surface area contributed by atoms with Gasteiger partial charge in [-0.05, 0) is 40.2 Å². The molecule has 0 unspecified atom stereocenters. The first-order valence-electron chi connectivity index (χ1n) is 7.33. The summed E-state index contributed by atoms with van der Waals surface area (Å²) in [5.41, 5.74) is 0.768. The molecule has 0 spiro atoms. The largest absolute Gasteiger partial charge is 0.481 e. The maximum atomic E-state index is 14.2. The Kier molecular flexibility index (Phi) is 5.21. The van der Waals surface area contributed by atoms with Crippen LogP contribution < -0.4 is 4.74 Å². The van der Waals surface area contributed by atoms with Crippen molar-refractivity contribution in [2.24, 2.45) is 0 Å². The van der Waals surface area contributed by atoms with Crippen LogP contribution in [0.4, 0.5) is 8.78 Å². The third-order valence-electron chi connectivity index (χ3n) is 3.29. The molecular weight excluding hydrogens is 414 g/mol. The standard InChI is InChI=1S/C16H11BrF2N4O3/c17-13-14(9-3-4-11(19)21-8-9)23(15-10(18)2-1-6-20-15)22-16(13)26-7-5-12(24)25/h1-4,6,8H,5,7H2,(H,24,25). The van der Waals surface area contributed by atoms with Gasteiger partial charge in [-0.25, -0.2) is 19.0 Å². The van der Waals surface area contributed by atoms with E-state index < -0.39 is 17.7 Å². The minimum atomic E-state index is -1.03. The van der Waals surface area contributed by atoms with Crippen LogP contribution in [0.25, 0.3) is 17.1 Å². The van der Waals surface area contributed by atoms with Gasteiger partial charge < -0.3 is 9.84 Å². The normalized spacial score (nSPS) is 10.7. The van der Waals surface area contributed by atoms with E-state index in [1.807, 2.05) is 0 Å². The predicted octanol–water partition coefficient (Wildman–Crippen LogP) is 3.22. The highest BCUT2D eigenvalue weighted by Gasteiger charge is 2.22. The summed E-state index contributed by atoms with van der Waals surface area (Å²) in [7, 11) is 0. The second kappa shape index (κ2) is 7.56. The monoisotopic (exact) mass is 424 g/mol. The number of halogens is 3. The maximum Gasteiger partial charge on any atom is 0.306 e. The maximum absolute atomic E-state index is 14.2. The molecule has 3 aromatic heterocycles. The number of hydrogen-bond acceptors (Lipinski definition) is 5. The molecule has 10 heteroatoms. The van der Waals surface area contributed by atoms with Crippen LogP contribution >= 0.6 is 15.9 Å². The van der Waals surface area contributed by atoms with Crippen LogP contribution in [0, 0.1) is 11.8 Å². The van der Waals surface area contributed by atoms with E-state index in [4.69, 9.17) is 9.84 Å². The van der Waals surface area contributed by atoms with Crippen LogP contribution in [0.5, 0.6) is 5.88 Å². The first-order chi connectivity index (χ1) is 12.5. The zero-order valence-corrected chi connectivity index (χ0v) is 14.7. The van der Waals surface area contributed by atoms with Gasteiger partial charge >= 0.3 is 5.97 Å². The van der Waals surface area contributed by atoms with Crippen LogP contribution in [-0.2, 0) is 4.79 Å². The van der Waals surface area contributed by atoms with E-state index in [1.54, 1.807) is 0 Å². The highest BCUT2D eigenvalue weighted by molar-refractivity contribution is 9.10. The average molecular weight is 425 g/mol. The Morgan fingerprint density at radius 3 is 2.73 bits per heavy atom. The Morgan fingerprint density at radius 2 is 2.08 bits per heavy atom. The molecule has 0 aliphatic carbocycles. The molecule has 0 aliphatic heterocycles. The van der Waals surface area contributed by atoms with Crippen molar-refractivity contribution in [2.45, 2.75) is 6.42 Å². The Bertz CT molecular complexity index is 947. The van der Waals surface area contributed by atoms with Gasteiger partial charge in [-0.1, -0.05) is 0 Å². The van der Waals surface area contributed by atoms with Crippen molar-refractivity contribution in [1.82, 2.24) is 19.7 Å². The molecule has 0 amide bonds. The lowest BCUT2D eigenvalue weighted by Gasteiger charge is -2.07. The molecule has 134 valence electrons. The van der Waals surface area contributed by atoms with Gasteiger partial charge in [-0.2, -0.15) is 4.39 Å². The van der Waals surface area contributed by atoms with Crippen molar-refractivity contribution in [1.29, 1.82) is 0 Å². The van der Waals surface area contributed by atoms with E-state index >= 15 is 0 Å². The molecule has 3 rings (SSSR count). The molecule has 0 radical (unpaired) electrons. The first-order valence-corrected chi connectivity index (χ1v) is 8.12. The number of rotatable bonds is 6. The summed E-state index contributed by atoms with van der Waals surface area (Å²) < 4.78 is 34.2. The lowest BCUT2D eigenvalue weighted by Crippen LogP contribution is -2.07. The number of carboxylic acids is 1. The fraction of sp³-hybridized carbons (Fsp3) is 0.125. The summed E-state index contributed by atoms with van der Waals surface area (Å²) in [6.07, 6.45) is 2.42. The molecule has 0 atom stereocenters. The molecule has 3 heterocycles. The highest BCUT2D eigenvalue weighted by atomic mass is 79.9. The fourth-order valence-corrected chi connectivity index (χ4v) is 2.75. The van der Waals surface area contributed by atoms with Gasteiger partial charge in [0.25, 0.3) is 0 Å². The lowest BCUT2D eigenvalue weighted by atomic mass is 10.2. The highest BCUT2D eigenvalue weighted by Crippen LogP contribution is 2.37. The van der Waals surface area contributed by atoms with Gasteiger partial charge in [0.05, 0.1) is 12.1 Å². The van der Waals surface area contributed by atoms with Crippen molar-refractivity contribution < 1.29 is 23.4 Å². The van der Waals surface area contributed by atoms with Gasteiger partial charge in [-0.15, -0.1) is 5.10 Å². The summed E-state index contributed by atoms with van der Waals surface area (Å²) in [5.74, 6) is -2.37. The van der Waals surface area contributed by atoms with Gasteiger partial charge in [0.1, 0.15) is 11.1 Å². The van der Waals surface area contributed by atoms with E-state index in [0.29, 0.717) is 15.7 Å². The minimum Gasteiger partial charge on any atom is -0.481 e. The van der Waals surface area contributed by atoms with E-state index in [-0.39, 0.29) is 24.7 Å². The summed E-state index contributed by atoms with van der Waals surface area (Å²) in [6.45, 7) is -0.128. The topological polar surface area (TPSA) is 90.1 Å². The Balaban J connectivity index is 2.10. The van der Waals surface area contributed by atoms with E-state index in [2.05, 4.69) is 31.0 Å². The van der Waals surface area contributed by atoms with Crippen LogP contribution in [0.3, 0.4) is 0 Å². The molecule has 7 nitrogen and oxygen atoms in total. The smallest absolute Gasteiger partial charge is 0.306 e. The Hall–Kier alpha value is -2.88. The summed E-state index contributed by atoms with van der Waals surface area (Å²) in [6, 6.07) is 5.25. The molecule has 0 fully saturated rings. The summed E-state index contributed by atoms with van der Waals surface area (Å²) >= 11 is 3.32. The number of carboxylic acid groups (broad SMARTS) is 1. The Morgan fingerprint density at radius 1 is 1.27 bits per heavy atom. The predicted molar refractivity (Wildman–Crippen MR) is 90.0 cm³/mol. The second-order valence-corrected chi connectivity index (χ2v) is 5.84. The Labute approximate surface area is 154 Å². The quantitative estimate of drug-likeness (QED) is 0.610. The van der Waals surface area contributed by atoms with E-state index in [9.17, 15) is 13.6 Å². The molecule has 0 aliphatic rings. The van der Waals surface area contributed by atoms with Crippen LogP contribution in [0.15, 0.2) is 41.1 Å². The van der Waals surface area contributed by atoms with E-state index in [0.717, 1.165) is 6.07 Å². The number of nitrogens with zero attached hydrogens (tertiary/aromatic N) is 4. The number of aliphatic carboxylic acids is 1. The third kappa shape index (κ3) is 3.69. The molecular formula is C16H11BrF2N4O3. The van der Waals surface area contributed by atoms with E-state index in [1.165, 1.54) is 35.3 Å². The van der Waals surface area contributed by atoms with Gasteiger partial charge in [0.15, 0.2) is 11.6 Å². The van der Waals surface area contributed by atoms with Crippen molar-refractivity contribution in [3.63, 3.8) is 0 Å². The van der Waals surface area contributed by atoms with Crippen molar-refractivity contribution in [2.75, 3.05) is 6.61 Å². The van der Waals surface area contributed by atoms with Crippen molar-refractivity contribution >= 4 is 21.9 Å². The first kappa shape index (κ1) is 17.9. The minimum absolute atomic E-state index is 0.0515. The van der Waals surface area contributed by atoms with Gasteiger partial charge in [0, 0.05) is 18.0 Å². The number of pyridine rings is 2. The van der Waals surface area contributed by atoms with Crippen LogP contribution in [-0.4, -0.2) is 37.4 Å². The lowest BCUT2D eigenvalue weighted by molar-refractivity contribution is -0.137. The van der Waals surface area contributed by atoms with Crippen LogP contribution in [0.1, 0.15) is 6.42 Å². The molecule has 0 saturated heterocycles. The number of carbonyl (C=O) groups is 1. The number of aromatic nitrogens is 4. The molecule has 1 N–H and O–H groups in total. The molecule has 26 heavy (non-hydrogen) atoms. The molecule has 0 bridgehead atoms. The number of ether oxygens (including phenoxy) is 1. The van der Waals surface area contributed by atoms with Crippen molar-refractivity contribution in [3.8, 4) is 23.0 Å². The van der Waals surface area contributed by atoms with Gasteiger partial charge in [0.2, 0.25) is 11.8 Å². The fourth-order valence-electron chi connectivity index (χ4n) is 2.16. The summed E-state index contributed by atoms with van der Waals surface area (Å²) in [4.78, 5) is 18.2. The molecule has 3 aromatic rings. The zero-order chi connectivity index (χ0) is 18.7. The molecule has 0 aromatic carbocycles. The van der Waals surface area contributed by atoms with Crippen molar-refractivity contribution in [3.05, 3.63) is 52.9 Å². The number of hydrogen-bond donors (Lipinski definition) is 1. The van der Waals surface area contributed by atoms with Gasteiger partial charge in [-0.3, -0.25) is 4.79 Å². The summed E-state index contributed by atoms with van der Waals surface area (Å²) in [5, 5.41) is 12.9. The van der Waals surface area contributed by atoms with Crippen LogP contribution in [0.2, 0.25) is 0 Å². The second-order valence-electron chi connectivity index (χ2n) is 5.05. The zero-order valence-electron chi connectivity index (χ0n) is 13.1. The third-order valence-corrected chi connectivity index (χ3v) is 4.01.